The second-order valence-electron chi connectivity index (χ2n) is 20.1. The maximum Gasteiger partial charge on any atom is 0.306 e. The van der Waals surface area contributed by atoms with E-state index < -0.39 is 5.60 Å². The average Bonchev–Trinajstić information content (AvgIpc) is 3.44. The largest absolute Gasteiger partial charge is 0.462 e. The number of esters is 2. The van der Waals surface area contributed by atoms with Crippen molar-refractivity contribution in [3.05, 3.63) is 0 Å². The smallest absolute Gasteiger partial charge is 0.306 e. The van der Waals surface area contributed by atoms with E-state index in [-0.39, 0.29) is 63.2 Å². The molecule has 0 amide bonds. The molecule has 0 saturated heterocycles. The topological polar surface area (TPSA) is 82.1 Å². The van der Waals surface area contributed by atoms with Crippen LogP contribution in [0.1, 0.15) is 198 Å². The van der Waals surface area contributed by atoms with Crippen LogP contribution < -0.4 is 0 Å². The van der Waals surface area contributed by atoms with Gasteiger partial charge >= 0.3 is 11.9 Å². The van der Waals surface area contributed by atoms with E-state index in [9.17, 15) is 14.7 Å². The van der Waals surface area contributed by atoms with Crippen molar-refractivity contribution in [2.45, 2.75) is 221 Å². The lowest BCUT2D eigenvalue weighted by atomic mass is 9.35. The summed E-state index contributed by atoms with van der Waals surface area (Å²) in [6.07, 6.45) is 18.9. The Labute approximate surface area is 313 Å². The second-order valence-corrected chi connectivity index (χ2v) is 20.1. The SMILES string of the molecule is CCCCCCC(=O)O[C@H]1CC[C@]2(C)[C@H]3C[C@@H](OC(=O)CCCCCC)[C@@H]4[C@@H]([C@](C)(O)CCCC(C)(C)OC)CC[C@@]4(C)[C@]3(C)CC[C@H]2C1(C)C. The number of carbonyl (C=O) groups excluding carboxylic acids is 2. The Morgan fingerprint density at radius 3 is 1.88 bits per heavy atom. The Balaban J connectivity index is 1.62. The van der Waals surface area contributed by atoms with Crippen LogP contribution in [0.5, 0.6) is 0 Å². The van der Waals surface area contributed by atoms with Gasteiger partial charge in [0.1, 0.15) is 12.2 Å². The van der Waals surface area contributed by atoms with E-state index in [4.69, 9.17) is 14.2 Å². The lowest BCUT2D eigenvalue weighted by Gasteiger charge is -2.70. The number of hydrogen-bond donors (Lipinski definition) is 1. The molecule has 296 valence electrons. The van der Waals surface area contributed by atoms with Gasteiger partial charge in [-0.1, -0.05) is 87.0 Å². The van der Waals surface area contributed by atoms with E-state index in [1.165, 1.54) is 6.42 Å². The molecule has 4 fully saturated rings. The van der Waals surface area contributed by atoms with Crippen molar-refractivity contribution < 1.29 is 28.9 Å². The monoisotopic (exact) mass is 717 g/mol. The zero-order valence-corrected chi connectivity index (χ0v) is 35.1. The van der Waals surface area contributed by atoms with Crippen molar-refractivity contribution in [1.29, 1.82) is 0 Å². The van der Waals surface area contributed by atoms with E-state index in [1.54, 1.807) is 7.11 Å². The number of ether oxygens (including phenoxy) is 3. The number of rotatable bonds is 18. The lowest BCUT2D eigenvalue weighted by Crippen LogP contribution is -2.67. The van der Waals surface area contributed by atoms with Crippen molar-refractivity contribution in [3.63, 3.8) is 0 Å². The summed E-state index contributed by atoms with van der Waals surface area (Å²) in [5, 5.41) is 12.3. The molecule has 51 heavy (non-hydrogen) atoms. The first-order valence-corrected chi connectivity index (χ1v) is 21.5. The summed E-state index contributed by atoms with van der Waals surface area (Å²) in [7, 11) is 1.77. The first-order valence-electron chi connectivity index (χ1n) is 21.5. The quantitative estimate of drug-likeness (QED) is 0.112. The van der Waals surface area contributed by atoms with Crippen LogP contribution in [-0.2, 0) is 23.8 Å². The molecule has 1 N–H and O–H groups in total. The van der Waals surface area contributed by atoms with E-state index in [0.29, 0.717) is 24.7 Å². The standard InChI is InChI=1S/C45H80O6/c1-12-14-16-18-21-37(46)50-33-31-35-42(7)28-25-36(51-38(47)22-19-17-15-13-2)41(5,6)34(42)24-30-43(35,8)44(9)29-23-32(39(33)44)45(10,48)27-20-26-40(3,4)49-11/h32-36,39,48H,12-31H2,1-11H3/t32-,33+,34-,35+,36-,39-,42-,43+,44+,45+/m0/s1. The van der Waals surface area contributed by atoms with E-state index in [2.05, 4.69) is 69.2 Å². The Morgan fingerprint density at radius 1 is 0.706 bits per heavy atom. The van der Waals surface area contributed by atoms with Gasteiger partial charge in [0, 0.05) is 31.3 Å². The highest BCUT2D eigenvalue weighted by molar-refractivity contribution is 5.70. The summed E-state index contributed by atoms with van der Waals surface area (Å²) in [5.41, 5.74) is -1.13. The van der Waals surface area contributed by atoms with Crippen LogP contribution in [0.2, 0.25) is 0 Å². The average molecular weight is 717 g/mol. The third-order valence-corrected chi connectivity index (χ3v) is 16.1. The highest BCUT2D eigenvalue weighted by Crippen LogP contribution is 2.76. The van der Waals surface area contributed by atoms with Gasteiger partial charge in [-0.2, -0.15) is 0 Å². The molecule has 0 aromatic heterocycles. The molecule has 4 aliphatic rings. The molecular weight excluding hydrogens is 636 g/mol. The van der Waals surface area contributed by atoms with Crippen LogP contribution in [0.3, 0.4) is 0 Å². The Kier molecular flexibility index (Phi) is 14.0. The Morgan fingerprint density at radius 2 is 1.29 bits per heavy atom. The fourth-order valence-electron chi connectivity index (χ4n) is 12.7. The molecule has 0 aliphatic heterocycles. The summed E-state index contributed by atoms with van der Waals surface area (Å²) in [6, 6.07) is 0. The van der Waals surface area contributed by atoms with Crippen molar-refractivity contribution in [2.24, 2.45) is 45.3 Å². The summed E-state index contributed by atoms with van der Waals surface area (Å²) in [6.45, 7) is 23.1. The van der Waals surface area contributed by atoms with Crippen LogP contribution in [0, 0.1) is 45.3 Å². The number of methoxy groups -OCH3 is 1. The van der Waals surface area contributed by atoms with Gasteiger partial charge in [0.15, 0.2) is 0 Å². The number of fused-ring (bicyclic) bond motifs is 5. The summed E-state index contributed by atoms with van der Waals surface area (Å²) >= 11 is 0. The molecule has 0 heterocycles. The van der Waals surface area contributed by atoms with Crippen LogP contribution >= 0.6 is 0 Å². The minimum Gasteiger partial charge on any atom is -0.462 e. The van der Waals surface area contributed by atoms with Gasteiger partial charge in [0.25, 0.3) is 0 Å². The number of carbonyl (C=O) groups is 2. The molecule has 6 nitrogen and oxygen atoms in total. The number of unbranched alkanes of at least 4 members (excludes halogenated alkanes) is 6. The molecule has 0 bridgehead atoms. The van der Waals surface area contributed by atoms with E-state index >= 15 is 0 Å². The third kappa shape index (κ3) is 8.73. The molecule has 0 aromatic rings. The molecule has 4 aliphatic carbocycles. The molecule has 0 unspecified atom stereocenters. The van der Waals surface area contributed by atoms with Gasteiger partial charge in [0.2, 0.25) is 0 Å². The zero-order valence-electron chi connectivity index (χ0n) is 35.1. The van der Waals surface area contributed by atoms with Crippen LogP contribution in [0.15, 0.2) is 0 Å². The van der Waals surface area contributed by atoms with Gasteiger partial charge in [-0.25, -0.2) is 0 Å². The Bertz CT molecular complexity index is 1160. The van der Waals surface area contributed by atoms with Crippen molar-refractivity contribution in [2.75, 3.05) is 7.11 Å². The predicted octanol–water partition coefficient (Wildman–Crippen LogP) is 11.4. The first-order chi connectivity index (χ1) is 23.8. The third-order valence-electron chi connectivity index (χ3n) is 16.1. The van der Waals surface area contributed by atoms with Gasteiger partial charge in [-0.15, -0.1) is 0 Å². The van der Waals surface area contributed by atoms with Crippen molar-refractivity contribution in [3.8, 4) is 0 Å². The van der Waals surface area contributed by atoms with Crippen molar-refractivity contribution >= 4 is 11.9 Å². The van der Waals surface area contributed by atoms with Gasteiger partial charge in [0.05, 0.1) is 11.2 Å². The normalized spacial score (nSPS) is 37.1. The molecule has 6 heteroatoms. The maximum absolute atomic E-state index is 13.7. The summed E-state index contributed by atoms with van der Waals surface area (Å²) in [4.78, 5) is 26.7. The highest BCUT2D eigenvalue weighted by atomic mass is 16.5. The van der Waals surface area contributed by atoms with Crippen molar-refractivity contribution in [1.82, 2.24) is 0 Å². The fourth-order valence-corrected chi connectivity index (χ4v) is 12.7. The minimum atomic E-state index is -0.844. The highest BCUT2D eigenvalue weighted by Gasteiger charge is 2.72. The summed E-state index contributed by atoms with van der Waals surface area (Å²) in [5.74, 6) is 0.938. The Hall–Kier alpha value is -1.14. The predicted molar refractivity (Wildman–Crippen MR) is 207 cm³/mol. The molecular formula is C45H80O6. The van der Waals surface area contributed by atoms with Crippen LogP contribution in [-0.4, -0.2) is 47.6 Å². The molecule has 4 rings (SSSR count). The first kappa shape index (κ1) is 42.6. The van der Waals surface area contributed by atoms with Crippen LogP contribution in [0.25, 0.3) is 0 Å². The van der Waals surface area contributed by atoms with Gasteiger partial charge < -0.3 is 19.3 Å². The second kappa shape index (κ2) is 16.7. The molecule has 0 aromatic carbocycles. The number of hydrogen-bond acceptors (Lipinski definition) is 6. The molecule has 10 atom stereocenters. The van der Waals surface area contributed by atoms with E-state index in [0.717, 1.165) is 109 Å². The fraction of sp³-hybridized carbons (Fsp3) is 0.956. The minimum absolute atomic E-state index is 0.0257. The molecule has 0 radical (unpaired) electrons. The molecule has 0 spiro atoms. The number of aliphatic hydroxyl groups is 1. The summed E-state index contributed by atoms with van der Waals surface area (Å²) < 4.78 is 18.8. The maximum atomic E-state index is 13.7. The molecule has 4 saturated carbocycles. The lowest BCUT2D eigenvalue weighted by molar-refractivity contribution is -0.253. The van der Waals surface area contributed by atoms with Gasteiger partial charge in [-0.3, -0.25) is 9.59 Å². The zero-order chi connectivity index (χ0) is 37.9. The van der Waals surface area contributed by atoms with Crippen LogP contribution in [0.4, 0.5) is 0 Å². The van der Waals surface area contributed by atoms with E-state index in [1.807, 2.05) is 0 Å². The van der Waals surface area contributed by atoms with Gasteiger partial charge in [-0.05, 0) is 132 Å².